The molecule has 0 unspecified atom stereocenters. The second-order valence-electron chi connectivity index (χ2n) is 8.72. The molecule has 2 aliphatic rings. The van der Waals surface area contributed by atoms with Crippen molar-refractivity contribution in [2.24, 2.45) is 0 Å². The molecule has 0 saturated carbocycles. The molecular formula is C25H20Cl2FN3O4. The Morgan fingerprint density at radius 2 is 1.89 bits per heavy atom. The minimum absolute atomic E-state index is 0.0420. The zero-order valence-corrected chi connectivity index (χ0v) is 20.0. The van der Waals surface area contributed by atoms with Crippen LogP contribution in [0.3, 0.4) is 0 Å². The van der Waals surface area contributed by atoms with E-state index in [0.717, 1.165) is 0 Å². The standard InChI is InChI=1S/C25H20Cl2FN3O4/c1-30-12-17(23(31(33)34)25(30)18-7-2-3-8-21(18)29-24(25)32)15-10-19(26)22(20(27)11-15)35-13-14-5-4-6-16(28)9-14/h2-11,17,23H,12-13H2,1H3,(H,29,32)/t17-,23-,25+/m1/s1. The average Bonchev–Trinajstić information content (AvgIpc) is 3.28. The van der Waals surface area contributed by atoms with E-state index in [2.05, 4.69) is 5.32 Å². The molecule has 1 spiro atoms. The molecule has 7 nitrogen and oxygen atoms in total. The SMILES string of the molecule is CN1C[C@H](c2cc(Cl)c(OCc3cccc(F)c3)c(Cl)c2)[C@@H]([N+](=O)[O-])[C@@]12C(=O)Nc1ccccc12. The van der Waals surface area contributed by atoms with Crippen LogP contribution in [-0.4, -0.2) is 35.4 Å². The lowest BCUT2D eigenvalue weighted by molar-refractivity contribution is -0.534. The number of rotatable bonds is 5. The van der Waals surface area contributed by atoms with E-state index in [1.165, 1.54) is 12.1 Å². The molecule has 1 saturated heterocycles. The first-order valence-electron chi connectivity index (χ1n) is 10.9. The lowest BCUT2D eigenvalue weighted by Gasteiger charge is -2.30. The topological polar surface area (TPSA) is 84.7 Å². The Morgan fingerprint density at radius 3 is 2.57 bits per heavy atom. The number of ether oxygens (including phenoxy) is 1. The van der Waals surface area contributed by atoms with Crippen LogP contribution in [0.5, 0.6) is 5.75 Å². The molecule has 10 heteroatoms. The first-order chi connectivity index (χ1) is 16.7. The van der Waals surface area contributed by atoms with E-state index in [1.807, 2.05) is 0 Å². The van der Waals surface area contributed by atoms with Crippen molar-refractivity contribution in [1.29, 1.82) is 0 Å². The summed E-state index contributed by atoms with van der Waals surface area (Å²) in [5.74, 6) is -1.29. The van der Waals surface area contributed by atoms with E-state index in [1.54, 1.807) is 60.5 Å². The molecule has 3 atom stereocenters. The number of amides is 1. The molecule has 180 valence electrons. The predicted octanol–water partition coefficient (Wildman–Crippen LogP) is 5.23. The summed E-state index contributed by atoms with van der Waals surface area (Å²) in [6.45, 7) is 0.282. The monoisotopic (exact) mass is 515 g/mol. The number of nitrogens with one attached hydrogen (secondary N) is 1. The minimum Gasteiger partial charge on any atom is -0.486 e. The fourth-order valence-corrected chi connectivity index (χ4v) is 5.91. The largest absolute Gasteiger partial charge is 0.486 e. The van der Waals surface area contributed by atoms with Crippen molar-refractivity contribution in [3.63, 3.8) is 0 Å². The number of para-hydroxylation sites is 1. The first kappa shape index (κ1) is 23.5. The van der Waals surface area contributed by atoms with Crippen LogP contribution in [-0.2, 0) is 16.9 Å². The average molecular weight is 516 g/mol. The summed E-state index contributed by atoms with van der Waals surface area (Å²) < 4.78 is 19.2. The molecule has 0 aromatic heterocycles. The van der Waals surface area contributed by atoms with Crippen LogP contribution < -0.4 is 10.1 Å². The molecule has 1 fully saturated rings. The second-order valence-corrected chi connectivity index (χ2v) is 9.53. The molecule has 0 aliphatic carbocycles. The lowest BCUT2D eigenvalue weighted by Crippen LogP contribution is -2.54. The molecule has 5 rings (SSSR count). The van der Waals surface area contributed by atoms with E-state index in [9.17, 15) is 19.3 Å². The van der Waals surface area contributed by atoms with Gasteiger partial charge < -0.3 is 10.1 Å². The molecule has 2 heterocycles. The quantitative estimate of drug-likeness (QED) is 0.371. The van der Waals surface area contributed by atoms with Gasteiger partial charge in [0.05, 0.1) is 16.0 Å². The molecule has 1 N–H and O–H groups in total. The molecule has 3 aromatic rings. The van der Waals surface area contributed by atoms with Gasteiger partial charge in [0.2, 0.25) is 0 Å². The van der Waals surface area contributed by atoms with Gasteiger partial charge in [-0.2, -0.15) is 0 Å². The Labute approximate surface area is 210 Å². The van der Waals surface area contributed by atoms with Crippen LogP contribution in [0.25, 0.3) is 0 Å². The van der Waals surface area contributed by atoms with Gasteiger partial charge in [-0.15, -0.1) is 0 Å². The number of hydrogen-bond donors (Lipinski definition) is 1. The fraction of sp³-hybridized carbons (Fsp3) is 0.240. The van der Waals surface area contributed by atoms with Gasteiger partial charge in [0.15, 0.2) is 11.3 Å². The number of hydrogen-bond acceptors (Lipinski definition) is 5. The molecule has 0 radical (unpaired) electrons. The molecule has 0 bridgehead atoms. The maximum absolute atomic E-state index is 13.5. The number of carbonyl (C=O) groups is 1. The highest BCUT2D eigenvalue weighted by Crippen LogP contribution is 2.52. The normalized spacial score (nSPS) is 23.4. The maximum Gasteiger partial charge on any atom is 0.256 e. The molecule has 1 amide bonds. The second kappa shape index (κ2) is 8.78. The van der Waals surface area contributed by atoms with Crippen molar-refractivity contribution in [3.05, 3.63) is 103 Å². The number of carbonyl (C=O) groups excluding carboxylic acids is 1. The molecular weight excluding hydrogens is 496 g/mol. The number of halogens is 3. The van der Waals surface area contributed by atoms with Crippen molar-refractivity contribution < 1.29 is 18.8 Å². The Balaban J connectivity index is 1.50. The van der Waals surface area contributed by atoms with Crippen LogP contribution in [0.2, 0.25) is 10.0 Å². The summed E-state index contributed by atoms with van der Waals surface area (Å²) in [5.41, 5.74) is 0.801. The summed E-state index contributed by atoms with van der Waals surface area (Å²) in [7, 11) is 1.71. The number of benzene rings is 3. The summed E-state index contributed by atoms with van der Waals surface area (Å²) >= 11 is 13.0. The van der Waals surface area contributed by atoms with Gasteiger partial charge in [-0.1, -0.05) is 53.5 Å². The van der Waals surface area contributed by atoms with Crippen molar-refractivity contribution in [3.8, 4) is 5.75 Å². The molecule has 35 heavy (non-hydrogen) atoms. The summed E-state index contributed by atoms with van der Waals surface area (Å²) in [5, 5.41) is 15.6. The van der Waals surface area contributed by atoms with Crippen molar-refractivity contribution >= 4 is 34.8 Å². The first-order valence-corrected chi connectivity index (χ1v) is 11.6. The Kier molecular flexibility index (Phi) is 5.91. The van der Waals surface area contributed by atoms with E-state index >= 15 is 0 Å². The Bertz CT molecular complexity index is 1330. The minimum atomic E-state index is -1.46. The highest BCUT2D eigenvalue weighted by atomic mass is 35.5. The van der Waals surface area contributed by atoms with E-state index < -0.39 is 28.3 Å². The van der Waals surface area contributed by atoms with E-state index in [0.29, 0.717) is 22.4 Å². The van der Waals surface area contributed by atoms with Gasteiger partial charge in [0.25, 0.3) is 11.9 Å². The zero-order chi connectivity index (χ0) is 24.9. The third-order valence-electron chi connectivity index (χ3n) is 6.76. The highest BCUT2D eigenvalue weighted by molar-refractivity contribution is 6.37. The van der Waals surface area contributed by atoms with Gasteiger partial charge in [-0.3, -0.25) is 19.8 Å². The number of anilines is 1. The predicted molar refractivity (Wildman–Crippen MR) is 130 cm³/mol. The van der Waals surface area contributed by atoms with E-state index in [4.69, 9.17) is 27.9 Å². The van der Waals surface area contributed by atoms with Crippen LogP contribution in [0.4, 0.5) is 10.1 Å². The molecule has 2 aliphatic heterocycles. The number of nitrogens with zero attached hydrogens (tertiary/aromatic N) is 2. The summed E-state index contributed by atoms with van der Waals surface area (Å²) in [6.07, 6.45) is 0. The summed E-state index contributed by atoms with van der Waals surface area (Å²) in [6, 6.07) is 14.9. The zero-order valence-electron chi connectivity index (χ0n) is 18.5. The fourth-order valence-electron chi connectivity index (χ4n) is 5.29. The Hall–Kier alpha value is -3.20. The third-order valence-corrected chi connectivity index (χ3v) is 7.32. The maximum atomic E-state index is 13.5. The van der Waals surface area contributed by atoms with Crippen LogP contribution in [0.15, 0.2) is 60.7 Å². The van der Waals surface area contributed by atoms with Crippen molar-refractivity contribution in [1.82, 2.24) is 4.90 Å². The number of likely N-dealkylation sites (tertiary alicyclic amines) is 1. The third kappa shape index (κ3) is 3.73. The van der Waals surface area contributed by atoms with Crippen molar-refractivity contribution in [2.45, 2.75) is 24.1 Å². The summed E-state index contributed by atoms with van der Waals surface area (Å²) in [4.78, 5) is 27.0. The highest BCUT2D eigenvalue weighted by Gasteiger charge is 2.68. The van der Waals surface area contributed by atoms with Crippen LogP contribution in [0.1, 0.15) is 22.6 Å². The Morgan fingerprint density at radius 1 is 1.17 bits per heavy atom. The van der Waals surface area contributed by atoms with E-state index in [-0.39, 0.29) is 34.8 Å². The van der Waals surface area contributed by atoms with Crippen molar-refractivity contribution in [2.75, 3.05) is 18.9 Å². The van der Waals surface area contributed by atoms with Gasteiger partial charge in [-0.25, -0.2) is 4.39 Å². The van der Waals surface area contributed by atoms with Crippen LogP contribution in [0, 0.1) is 15.9 Å². The smallest absolute Gasteiger partial charge is 0.256 e. The number of fused-ring (bicyclic) bond motifs is 2. The molecule has 3 aromatic carbocycles. The number of nitro groups is 1. The van der Waals surface area contributed by atoms with Gasteiger partial charge >= 0.3 is 0 Å². The van der Waals surface area contributed by atoms with Crippen LogP contribution >= 0.6 is 23.2 Å². The van der Waals surface area contributed by atoms with Gasteiger partial charge in [-0.05, 0) is 48.5 Å². The van der Waals surface area contributed by atoms with Gasteiger partial charge in [0.1, 0.15) is 12.4 Å². The number of likely N-dealkylation sites (N-methyl/N-ethyl adjacent to an activating group) is 1. The van der Waals surface area contributed by atoms with Gasteiger partial charge in [0, 0.05) is 22.7 Å². The lowest BCUT2D eigenvalue weighted by atomic mass is 9.79.